The van der Waals surface area contributed by atoms with Gasteiger partial charge in [-0.1, -0.05) is 32.6 Å². The van der Waals surface area contributed by atoms with Gasteiger partial charge in [0.15, 0.2) is 0 Å². The summed E-state index contributed by atoms with van der Waals surface area (Å²) in [5, 5.41) is 3.58. The van der Waals surface area contributed by atoms with Crippen molar-refractivity contribution in [3.05, 3.63) is 0 Å². The number of rotatable bonds is 4. The van der Waals surface area contributed by atoms with Gasteiger partial charge in [0.2, 0.25) is 0 Å². The molecule has 1 rings (SSSR count). The molecule has 2 nitrogen and oxygen atoms in total. The minimum atomic E-state index is 0.357. The Kier molecular flexibility index (Phi) is 6.26. The van der Waals surface area contributed by atoms with E-state index in [9.17, 15) is 0 Å². The predicted molar refractivity (Wildman–Crippen MR) is 65.2 cm³/mol. The molecule has 0 aromatic carbocycles. The van der Waals surface area contributed by atoms with Gasteiger partial charge < -0.3 is 10.1 Å². The average molecular weight is 213 g/mol. The highest BCUT2D eigenvalue weighted by molar-refractivity contribution is 4.79. The van der Waals surface area contributed by atoms with Crippen LogP contribution in [0.2, 0.25) is 0 Å². The second-order valence-electron chi connectivity index (χ2n) is 4.88. The maximum Gasteiger partial charge on any atom is 0.0731 e. The van der Waals surface area contributed by atoms with Crippen LogP contribution in [0.25, 0.3) is 0 Å². The molecule has 1 aliphatic carbocycles. The average Bonchev–Trinajstić information content (AvgIpc) is 2.15. The van der Waals surface area contributed by atoms with Crippen LogP contribution in [-0.2, 0) is 4.74 Å². The van der Waals surface area contributed by atoms with Crippen LogP contribution in [0.4, 0.5) is 0 Å². The molecule has 0 spiro atoms. The van der Waals surface area contributed by atoms with E-state index in [2.05, 4.69) is 26.1 Å². The van der Waals surface area contributed by atoms with Crippen LogP contribution >= 0.6 is 0 Å². The first-order valence-electron chi connectivity index (χ1n) is 6.63. The normalized spacial score (nSPS) is 28.8. The summed E-state index contributed by atoms with van der Waals surface area (Å²) in [7, 11) is 0. The first-order valence-corrected chi connectivity index (χ1v) is 6.63. The van der Waals surface area contributed by atoms with Gasteiger partial charge in [0.25, 0.3) is 0 Å². The largest absolute Gasteiger partial charge is 0.374 e. The summed E-state index contributed by atoms with van der Waals surface area (Å²) in [4.78, 5) is 0. The molecule has 0 heterocycles. The van der Waals surface area contributed by atoms with Crippen LogP contribution in [0.5, 0.6) is 0 Å². The Balaban J connectivity index is 2.47. The van der Waals surface area contributed by atoms with E-state index in [1.165, 1.54) is 38.5 Å². The Hall–Kier alpha value is -0.0800. The van der Waals surface area contributed by atoms with E-state index < -0.39 is 0 Å². The molecule has 0 aromatic heterocycles. The summed E-state index contributed by atoms with van der Waals surface area (Å²) < 4.78 is 6.03. The van der Waals surface area contributed by atoms with Crippen LogP contribution in [0.3, 0.4) is 0 Å². The summed E-state index contributed by atoms with van der Waals surface area (Å²) in [5.41, 5.74) is 0. The fourth-order valence-corrected chi connectivity index (χ4v) is 2.46. The summed E-state index contributed by atoms with van der Waals surface area (Å²) in [6.07, 6.45) is 8.78. The number of likely N-dealkylation sites (N-methyl/N-ethyl adjacent to an activating group) is 1. The molecular weight excluding hydrogens is 186 g/mol. The van der Waals surface area contributed by atoms with Gasteiger partial charge in [0, 0.05) is 6.04 Å². The number of hydrogen-bond donors (Lipinski definition) is 1. The first-order chi connectivity index (χ1) is 7.24. The van der Waals surface area contributed by atoms with Crippen LogP contribution in [0.15, 0.2) is 0 Å². The molecule has 1 N–H and O–H groups in total. The Morgan fingerprint density at radius 1 is 1.13 bits per heavy atom. The summed E-state index contributed by atoms with van der Waals surface area (Å²) in [6, 6.07) is 0.581. The van der Waals surface area contributed by atoms with E-state index in [0.29, 0.717) is 18.2 Å². The third-order valence-corrected chi connectivity index (χ3v) is 3.12. The van der Waals surface area contributed by atoms with Crippen LogP contribution in [0, 0.1) is 0 Å². The van der Waals surface area contributed by atoms with Crippen molar-refractivity contribution in [3.8, 4) is 0 Å². The van der Waals surface area contributed by atoms with Crippen molar-refractivity contribution in [1.29, 1.82) is 0 Å². The second-order valence-corrected chi connectivity index (χ2v) is 4.88. The highest BCUT2D eigenvalue weighted by atomic mass is 16.5. The quantitative estimate of drug-likeness (QED) is 0.775. The van der Waals surface area contributed by atoms with Gasteiger partial charge in [-0.05, 0) is 33.2 Å². The topological polar surface area (TPSA) is 21.3 Å². The number of ether oxygens (including phenoxy) is 1. The fourth-order valence-electron chi connectivity index (χ4n) is 2.46. The molecule has 15 heavy (non-hydrogen) atoms. The van der Waals surface area contributed by atoms with Crippen molar-refractivity contribution in [2.75, 3.05) is 6.54 Å². The van der Waals surface area contributed by atoms with Gasteiger partial charge in [-0.25, -0.2) is 0 Å². The Bertz CT molecular complexity index is 159. The molecule has 0 radical (unpaired) electrons. The minimum absolute atomic E-state index is 0.357. The molecule has 1 aliphatic rings. The SMILES string of the molecule is CCN[C@H]1CCCCCC[C@H]1OC(C)C. The molecule has 0 aromatic rings. The lowest BCUT2D eigenvalue weighted by Crippen LogP contribution is -2.43. The zero-order chi connectivity index (χ0) is 11.1. The summed E-state index contributed by atoms with van der Waals surface area (Å²) in [6.45, 7) is 7.53. The zero-order valence-electron chi connectivity index (χ0n) is 10.6. The Morgan fingerprint density at radius 3 is 2.40 bits per heavy atom. The van der Waals surface area contributed by atoms with E-state index in [1.807, 2.05) is 0 Å². The van der Waals surface area contributed by atoms with Crippen LogP contribution in [-0.4, -0.2) is 24.8 Å². The van der Waals surface area contributed by atoms with E-state index in [-0.39, 0.29) is 0 Å². The van der Waals surface area contributed by atoms with Gasteiger partial charge in [0.05, 0.1) is 12.2 Å². The molecule has 90 valence electrons. The summed E-state index contributed by atoms with van der Waals surface area (Å²) >= 11 is 0. The van der Waals surface area contributed by atoms with E-state index >= 15 is 0 Å². The van der Waals surface area contributed by atoms with Crippen molar-refractivity contribution in [2.45, 2.75) is 77.5 Å². The molecule has 0 saturated heterocycles. The molecular formula is C13H27NO. The number of hydrogen-bond acceptors (Lipinski definition) is 2. The third kappa shape index (κ3) is 4.98. The maximum absolute atomic E-state index is 6.03. The van der Waals surface area contributed by atoms with Crippen molar-refractivity contribution >= 4 is 0 Å². The van der Waals surface area contributed by atoms with Crippen LogP contribution in [0.1, 0.15) is 59.3 Å². The molecule has 0 unspecified atom stereocenters. The van der Waals surface area contributed by atoms with E-state index in [1.54, 1.807) is 0 Å². The monoisotopic (exact) mass is 213 g/mol. The molecule has 1 fully saturated rings. The second kappa shape index (κ2) is 7.24. The van der Waals surface area contributed by atoms with Crippen molar-refractivity contribution in [2.24, 2.45) is 0 Å². The predicted octanol–water partition coefficient (Wildman–Crippen LogP) is 3.11. The van der Waals surface area contributed by atoms with E-state index in [0.717, 1.165) is 6.54 Å². The number of nitrogens with one attached hydrogen (secondary N) is 1. The molecule has 2 atom stereocenters. The van der Waals surface area contributed by atoms with Gasteiger partial charge in [-0.3, -0.25) is 0 Å². The molecule has 0 bridgehead atoms. The molecule has 2 heteroatoms. The van der Waals surface area contributed by atoms with Gasteiger partial charge >= 0.3 is 0 Å². The van der Waals surface area contributed by atoms with Gasteiger partial charge in [-0.15, -0.1) is 0 Å². The lowest BCUT2D eigenvalue weighted by molar-refractivity contribution is -0.0236. The molecule has 0 amide bonds. The lowest BCUT2D eigenvalue weighted by atomic mass is 9.94. The van der Waals surface area contributed by atoms with E-state index in [4.69, 9.17) is 4.74 Å². The minimum Gasteiger partial charge on any atom is -0.374 e. The standard InChI is InChI=1S/C13H27NO/c1-4-14-12-9-7-5-6-8-10-13(12)15-11(2)3/h11-14H,4-10H2,1-3H3/t12-,13+/m0/s1. The third-order valence-electron chi connectivity index (χ3n) is 3.12. The molecule has 0 aliphatic heterocycles. The lowest BCUT2D eigenvalue weighted by Gasteiger charge is -2.31. The first kappa shape index (κ1) is 13.0. The van der Waals surface area contributed by atoms with Crippen molar-refractivity contribution in [1.82, 2.24) is 5.32 Å². The molecule has 1 saturated carbocycles. The highest BCUT2D eigenvalue weighted by Crippen LogP contribution is 2.21. The highest BCUT2D eigenvalue weighted by Gasteiger charge is 2.23. The Labute approximate surface area is 94.8 Å². The Morgan fingerprint density at radius 2 is 1.80 bits per heavy atom. The zero-order valence-corrected chi connectivity index (χ0v) is 10.6. The smallest absolute Gasteiger partial charge is 0.0731 e. The van der Waals surface area contributed by atoms with Crippen LogP contribution < -0.4 is 5.32 Å². The van der Waals surface area contributed by atoms with Gasteiger partial charge in [-0.2, -0.15) is 0 Å². The summed E-state index contributed by atoms with van der Waals surface area (Å²) in [5.74, 6) is 0. The fraction of sp³-hybridized carbons (Fsp3) is 1.00. The van der Waals surface area contributed by atoms with Crippen molar-refractivity contribution < 1.29 is 4.74 Å². The van der Waals surface area contributed by atoms with Crippen molar-refractivity contribution in [3.63, 3.8) is 0 Å². The van der Waals surface area contributed by atoms with Gasteiger partial charge in [0.1, 0.15) is 0 Å². The maximum atomic E-state index is 6.03.